The second kappa shape index (κ2) is 3.46. The van der Waals surface area contributed by atoms with E-state index >= 15 is 0 Å². The highest BCUT2D eigenvalue weighted by Gasteiger charge is 2.28. The van der Waals surface area contributed by atoms with Gasteiger partial charge in [-0.15, -0.1) is 0 Å². The maximum absolute atomic E-state index is 9.76. The lowest BCUT2D eigenvalue weighted by Gasteiger charge is -2.15. The molecule has 1 N–H and O–H groups in total. The van der Waals surface area contributed by atoms with Crippen LogP contribution in [-0.2, 0) is 6.42 Å². The van der Waals surface area contributed by atoms with Crippen molar-refractivity contribution in [3.8, 4) is 0 Å². The van der Waals surface area contributed by atoms with E-state index in [0.29, 0.717) is 0 Å². The zero-order valence-corrected chi connectivity index (χ0v) is 7.90. The van der Waals surface area contributed by atoms with Crippen LogP contribution in [0.25, 0.3) is 0 Å². The van der Waals surface area contributed by atoms with Crippen LogP contribution in [0.15, 0.2) is 18.3 Å². The molecular weight excluding hydrogens is 162 g/mol. The summed E-state index contributed by atoms with van der Waals surface area (Å²) in [7, 11) is 0. The summed E-state index contributed by atoms with van der Waals surface area (Å²) in [6.45, 7) is 2.02. The van der Waals surface area contributed by atoms with Crippen LogP contribution in [0.4, 0.5) is 0 Å². The van der Waals surface area contributed by atoms with E-state index in [9.17, 15) is 5.11 Å². The Kier molecular flexibility index (Phi) is 2.32. The van der Waals surface area contributed by atoms with Gasteiger partial charge in [0.2, 0.25) is 0 Å². The summed E-state index contributed by atoms with van der Waals surface area (Å²) < 4.78 is 0. The zero-order chi connectivity index (χ0) is 9.26. The smallest absolute Gasteiger partial charge is 0.0621 e. The summed E-state index contributed by atoms with van der Waals surface area (Å²) in [5.41, 5.74) is 2.44. The van der Waals surface area contributed by atoms with Crippen LogP contribution in [0.3, 0.4) is 0 Å². The van der Waals surface area contributed by atoms with Gasteiger partial charge < -0.3 is 5.11 Å². The topological polar surface area (TPSA) is 33.1 Å². The Morgan fingerprint density at radius 1 is 1.69 bits per heavy atom. The number of hydrogen-bond acceptors (Lipinski definition) is 2. The Morgan fingerprint density at radius 3 is 3.31 bits per heavy atom. The standard InChI is InChI=1S/C11H15NO/c1-2-10(13)9-6-5-8-4-3-7-12-11(8)9/h3-4,7,9-10,13H,2,5-6H2,1H3. The fraction of sp³-hybridized carbons (Fsp3) is 0.545. The van der Waals surface area contributed by atoms with Crippen molar-refractivity contribution in [3.63, 3.8) is 0 Å². The largest absolute Gasteiger partial charge is 0.392 e. The molecule has 0 radical (unpaired) electrons. The minimum Gasteiger partial charge on any atom is -0.392 e. The van der Waals surface area contributed by atoms with Crippen molar-refractivity contribution < 1.29 is 5.11 Å². The average Bonchev–Trinajstić information content (AvgIpc) is 2.60. The molecule has 2 heteroatoms. The average molecular weight is 177 g/mol. The Bertz CT molecular complexity index is 298. The van der Waals surface area contributed by atoms with Gasteiger partial charge in [-0.05, 0) is 30.9 Å². The Labute approximate surface area is 78.6 Å². The Hall–Kier alpha value is -0.890. The first-order valence-corrected chi connectivity index (χ1v) is 4.94. The number of aliphatic hydroxyl groups excluding tert-OH is 1. The summed E-state index contributed by atoms with van der Waals surface area (Å²) in [6.07, 6.45) is 4.56. The lowest BCUT2D eigenvalue weighted by molar-refractivity contribution is 0.137. The summed E-state index contributed by atoms with van der Waals surface area (Å²) in [4.78, 5) is 4.35. The molecule has 1 aliphatic carbocycles. The number of hydrogen-bond donors (Lipinski definition) is 1. The van der Waals surface area contributed by atoms with Gasteiger partial charge in [-0.25, -0.2) is 0 Å². The van der Waals surface area contributed by atoms with Crippen LogP contribution in [0, 0.1) is 0 Å². The molecule has 1 aromatic heterocycles. The number of aliphatic hydroxyl groups is 1. The van der Waals surface area contributed by atoms with E-state index in [-0.39, 0.29) is 12.0 Å². The third-order valence-corrected chi connectivity index (χ3v) is 2.88. The van der Waals surface area contributed by atoms with E-state index in [1.807, 2.05) is 19.2 Å². The first-order valence-electron chi connectivity index (χ1n) is 4.94. The first-order chi connectivity index (χ1) is 6.33. The van der Waals surface area contributed by atoms with E-state index in [0.717, 1.165) is 25.0 Å². The highest BCUT2D eigenvalue weighted by molar-refractivity contribution is 5.29. The fourth-order valence-corrected chi connectivity index (χ4v) is 2.10. The van der Waals surface area contributed by atoms with Crippen molar-refractivity contribution >= 4 is 0 Å². The molecule has 0 aliphatic heterocycles. The fourth-order valence-electron chi connectivity index (χ4n) is 2.10. The van der Waals surface area contributed by atoms with Crippen molar-refractivity contribution in [2.24, 2.45) is 0 Å². The van der Waals surface area contributed by atoms with Gasteiger partial charge in [0.15, 0.2) is 0 Å². The molecule has 1 heterocycles. The first kappa shape index (κ1) is 8.70. The number of pyridine rings is 1. The second-order valence-electron chi connectivity index (χ2n) is 3.67. The Balaban J connectivity index is 2.28. The number of rotatable bonds is 2. The number of fused-ring (bicyclic) bond motifs is 1. The summed E-state index contributed by atoms with van der Waals surface area (Å²) >= 11 is 0. The van der Waals surface area contributed by atoms with Crippen molar-refractivity contribution in [1.82, 2.24) is 4.98 Å². The van der Waals surface area contributed by atoms with Crippen LogP contribution in [0.2, 0.25) is 0 Å². The van der Waals surface area contributed by atoms with E-state index in [1.54, 1.807) is 0 Å². The number of nitrogens with zero attached hydrogens (tertiary/aromatic N) is 1. The molecule has 0 aromatic carbocycles. The van der Waals surface area contributed by atoms with Crippen LogP contribution in [-0.4, -0.2) is 16.2 Å². The predicted molar refractivity (Wildman–Crippen MR) is 51.6 cm³/mol. The van der Waals surface area contributed by atoms with Gasteiger partial charge >= 0.3 is 0 Å². The SMILES string of the molecule is CCC(O)C1CCc2cccnc21. The minimum absolute atomic E-state index is 0.212. The molecule has 0 fully saturated rings. The van der Waals surface area contributed by atoms with Gasteiger partial charge in [-0.2, -0.15) is 0 Å². The molecule has 1 aromatic rings. The molecule has 0 bridgehead atoms. The molecule has 13 heavy (non-hydrogen) atoms. The van der Waals surface area contributed by atoms with Crippen LogP contribution < -0.4 is 0 Å². The van der Waals surface area contributed by atoms with E-state index in [1.165, 1.54) is 5.56 Å². The van der Waals surface area contributed by atoms with Gasteiger partial charge in [-0.3, -0.25) is 4.98 Å². The highest BCUT2D eigenvalue weighted by atomic mass is 16.3. The number of aromatic nitrogens is 1. The normalized spacial score (nSPS) is 22.8. The van der Waals surface area contributed by atoms with Crippen molar-refractivity contribution in [1.29, 1.82) is 0 Å². The molecular formula is C11H15NO. The molecule has 0 saturated heterocycles. The Morgan fingerprint density at radius 2 is 2.54 bits per heavy atom. The monoisotopic (exact) mass is 177 g/mol. The summed E-state index contributed by atoms with van der Waals surface area (Å²) in [6, 6.07) is 4.09. The van der Waals surface area contributed by atoms with Gasteiger partial charge in [0.1, 0.15) is 0 Å². The third-order valence-electron chi connectivity index (χ3n) is 2.88. The molecule has 2 unspecified atom stereocenters. The molecule has 2 nitrogen and oxygen atoms in total. The lowest BCUT2D eigenvalue weighted by atomic mass is 9.98. The third kappa shape index (κ3) is 1.46. The summed E-state index contributed by atoms with van der Waals surface area (Å²) in [5.74, 6) is 0.279. The maximum Gasteiger partial charge on any atom is 0.0621 e. The second-order valence-corrected chi connectivity index (χ2v) is 3.67. The van der Waals surface area contributed by atoms with Gasteiger partial charge in [0.25, 0.3) is 0 Å². The van der Waals surface area contributed by atoms with Gasteiger partial charge in [0, 0.05) is 17.8 Å². The molecule has 0 saturated carbocycles. The van der Waals surface area contributed by atoms with E-state index < -0.39 is 0 Å². The summed E-state index contributed by atoms with van der Waals surface area (Å²) in [5, 5.41) is 9.76. The number of aryl methyl sites for hydroxylation is 1. The molecule has 2 atom stereocenters. The van der Waals surface area contributed by atoms with Crippen LogP contribution >= 0.6 is 0 Å². The van der Waals surface area contributed by atoms with Crippen molar-refractivity contribution in [2.75, 3.05) is 0 Å². The molecule has 70 valence electrons. The lowest BCUT2D eigenvalue weighted by Crippen LogP contribution is -2.15. The minimum atomic E-state index is -0.212. The van der Waals surface area contributed by atoms with Crippen molar-refractivity contribution in [2.45, 2.75) is 38.2 Å². The molecule has 0 amide bonds. The van der Waals surface area contributed by atoms with Crippen LogP contribution in [0.1, 0.15) is 36.9 Å². The predicted octanol–water partition coefficient (Wildman–Crippen LogP) is 1.88. The maximum atomic E-state index is 9.76. The van der Waals surface area contributed by atoms with Gasteiger partial charge in [0.05, 0.1) is 6.10 Å². The van der Waals surface area contributed by atoms with Gasteiger partial charge in [-0.1, -0.05) is 13.0 Å². The molecule has 0 spiro atoms. The highest BCUT2D eigenvalue weighted by Crippen LogP contribution is 2.34. The quantitative estimate of drug-likeness (QED) is 0.748. The van der Waals surface area contributed by atoms with E-state index in [4.69, 9.17) is 0 Å². The van der Waals surface area contributed by atoms with E-state index in [2.05, 4.69) is 11.1 Å². The van der Waals surface area contributed by atoms with Crippen molar-refractivity contribution in [3.05, 3.63) is 29.6 Å². The zero-order valence-electron chi connectivity index (χ0n) is 7.90. The van der Waals surface area contributed by atoms with Crippen LogP contribution in [0.5, 0.6) is 0 Å². The molecule has 1 aliphatic rings. The molecule has 2 rings (SSSR count).